The van der Waals surface area contributed by atoms with Crippen LogP contribution >= 0.6 is 0 Å². The van der Waals surface area contributed by atoms with Crippen LogP contribution in [0.2, 0.25) is 0 Å². The molecule has 8 nitrogen and oxygen atoms in total. The van der Waals surface area contributed by atoms with Gasteiger partial charge in [0.05, 0.1) is 18.7 Å². The number of carbonyl (C=O) groups excluding carboxylic acids is 2. The molecule has 0 atom stereocenters. The third kappa shape index (κ3) is 5.11. The Hall–Kier alpha value is -3.94. The molecule has 0 radical (unpaired) electrons. The van der Waals surface area contributed by atoms with Crippen molar-refractivity contribution in [1.29, 1.82) is 0 Å². The van der Waals surface area contributed by atoms with E-state index in [4.69, 9.17) is 4.74 Å². The average molecular weight is 407 g/mol. The molecule has 0 spiro atoms. The molecule has 1 heterocycles. The van der Waals surface area contributed by atoms with E-state index in [2.05, 4.69) is 5.32 Å². The predicted molar refractivity (Wildman–Crippen MR) is 112 cm³/mol. The van der Waals surface area contributed by atoms with Crippen molar-refractivity contribution in [2.24, 2.45) is 0 Å². The zero-order valence-electron chi connectivity index (χ0n) is 16.4. The molecule has 0 saturated carbocycles. The van der Waals surface area contributed by atoms with Gasteiger partial charge in [-0.1, -0.05) is 30.3 Å². The molecule has 1 aromatic heterocycles. The summed E-state index contributed by atoms with van der Waals surface area (Å²) in [5.41, 5.74) is 0.562. The molecule has 0 bridgehead atoms. The molecule has 0 aliphatic rings. The average Bonchev–Trinajstić information content (AvgIpc) is 2.74. The Balaban J connectivity index is 1.72. The molecular formula is C22H21N3O5. The van der Waals surface area contributed by atoms with Gasteiger partial charge in [-0.25, -0.2) is 9.59 Å². The van der Waals surface area contributed by atoms with Crippen LogP contribution in [0.5, 0.6) is 0 Å². The second kappa shape index (κ2) is 9.51. The first-order chi connectivity index (χ1) is 14.5. The zero-order chi connectivity index (χ0) is 21.5. The van der Waals surface area contributed by atoms with Gasteiger partial charge in [-0.05, 0) is 36.8 Å². The quantitative estimate of drug-likeness (QED) is 0.603. The second-order valence-corrected chi connectivity index (χ2v) is 6.48. The topological polar surface area (TPSA) is 99.4 Å². The summed E-state index contributed by atoms with van der Waals surface area (Å²) in [5.74, 6) is -0.985. The van der Waals surface area contributed by atoms with Gasteiger partial charge in [0.15, 0.2) is 0 Å². The molecule has 3 rings (SSSR count). The molecule has 3 aromatic rings. The fourth-order valence-corrected chi connectivity index (χ4v) is 2.85. The van der Waals surface area contributed by atoms with E-state index < -0.39 is 29.7 Å². The summed E-state index contributed by atoms with van der Waals surface area (Å²) < 4.78 is 7.16. The van der Waals surface area contributed by atoms with Gasteiger partial charge in [0, 0.05) is 18.0 Å². The van der Waals surface area contributed by atoms with Crippen molar-refractivity contribution in [1.82, 2.24) is 9.13 Å². The molecule has 2 aromatic carbocycles. The van der Waals surface area contributed by atoms with Crippen molar-refractivity contribution >= 4 is 17.6 Å². The van der Waals surface area contributed by atoms with Crippen molar-refractivity contribution in [2.75, 3.05) is 11.9 Å². The lowest BCUT2D eigenvalue weighted by Gasteiger charge is -2.11. The molecule has 0 fully saturated rings. The van der Waals surface area contributed by atoms with E-state index in [-0.39, 0.29) is 13.2 Å². The van der Waals surface area contributed by atoms with Crippen molar-refractivity contribution in [2.45, 2.75) is 20.0 Å². The second-order valence-electron chi connectivity index (χ2n) is 6.48. The molecule has 0 unspecified atom stereocenters. The molecule has 0 saturated heterocycles. The highest BCUT2D eigenvalue weighted by atomic mass is 16.5. The number of nitrogens with zero attached hydrogens (tertiary/aromatic N) is 2. The van der Waals surface area contributed by atoms with E-state index in [0.717, 1.165) is 10.1 Å². The summed E-state index contributed by atoms with van der Waals surface area (Å²) >= 11 is 0. The number of carbonyl (C=O) groups is 2. The predicted octanol–water partition coefficient (Wildman–Crippen LogP) is 1.87. The largest absolute Gasteiger partial charge is 0.462 e. The van der Waals surface area contributed by atoms with Crippen LogP contribution in [0.1, 0.15) is 22.8 Å². The third-order valence-electron chi connectivity index (χ3n) is 4.32. The highest BCUT2D eigenvalue weighted by Gasteiger charge is 2.12. The van der Waals surface area contributed by atoms with Crippen molar-refractivity contribution in [3.8, 4) is 0 Å². The Morgan fingerprint density at radius 1 is 0.967 bits per heavy atom. The first kappa shape index (κ1) is 20.8. The van der Waals surface area contributed by atoms with Crippen molar-refractivity contribution in [3.05, 3.63) is 98.8 Å². The normalized spacial score (nSPS) is 10.4. The lowest BCUT2D eigenvalue weighted by atomic mass is 10.2. The molecular weight excluding hydrogens is 386 g/mol. The summed E-state index contributed by atoms with van der Waals surface area (Å²) in [7, 11) is 0. The zero-order valence-corrected chi connectivity index (χ0v) is 16.4. The van der Waals surface area contributed by atoms with E-state index in [0.29, 0.717) is 11.3 Å². The number of ether oxygens (including phenoxy) is 1. The summed E-state index contributed by atoms with van der Waals surface area (Å²) in [6.45, 7) is 1.85. The molecule has 0 aliphatic heterocycles. The Kier molecular flexibility index (Phi) is 6.59. The fourth-order valence-electron chi connectivity index (χ4n) is 2.85. The van der Waals surface area contributed by atoms with E-state index in [1.54, 1.807) is 19.1 Å². The number of hydrogen-bond donors (Lipinski definition) is 1. The first-order valence-electron chi connectivity index (χ1n) is 9.39. The minimum Gasteiger partial charge on any atom is -0.462 e. The number of nitrogens with one attached hydrogen (secondary N) is 1. The van der Waals surface area contributed by atoms with Crippen LogP contribution in [0, 0.1) is 0 Å². The Morgan fingerprint density at radius 3 is 2.33 bits per heavy atom. The minimum absolute atomic E-state index is 0.269. The Labute approximate surface area is 172 Å². The van der Waals surface area contributed by atoms with Crippen LogP contribution in [-0.2, 0) is 22.6 Å². The van der Waals surface area contributed by atoms with Gasteiger partial charge in [-0.15, -0.1) is 0 Å². The minimum atomic E-state index is -0.570. The molecule has 30 heavy (non-hydrogen) atoms. The molecule has 1 amide bonds. The summed E-state index contributed by atoms with van der Waals surface area (Å²) in [6, 6.07) is 16.7. The Bertz CT molecular complexity index is 1150. The van der Waals surface area contributed by atoms with E-state index in [1.165, 1.54) is 29.0 Å². The molecule has 8 heteroatoms. The third-order valence-corrected chi connectivity index (χ3v) is 4.32. The maximum atomic E-state index is 12.7. The maximum absolute atomic E-state index is 12.7. The maximum Gasteiger partial charge on any atom is 0.338 e. The number of hydrogen-bond acceptors (Lipinski definition) is 5. The van der Waals surface area contributed by atoms with Gasteiger partial charge in [-0.2, -0.15) is 0 Å². The van der Waals surface area contributed by atoms with Crippen LogP contribution in [0.3, 0.4) is 0 Å². The van der Waals surface area contributed by atoms with Gasteiger partial charge in [0.25, 0.3) is 5.56 Å². The summed E-state index contributed by atoms with van der Waals surface area (Å²) in [5, 5.41) is 2.61. The number of anilines is 1. The summed E-state index contributed by atoms with van der Waals surface area (Å²) in [4.78, 5) is 48.8. The first-order valence-corrected chi connectivity index (χ1v) is 9.39. The van der Waals surface area contributed by atoms with Crippen LogP contribution < -0.4 is 16.6 Å². The van der Waals surface area contributed by atoms with Gasteiger partial charge < -0.3 is 10.1 Å². The molecule has 154 valence electrons. The SMILES string of the molecule is CCOC(=O)c1ccc(NC(=O)Cn2c(=O)ccn(Cc3ccccc3)c2=O)cc1. The van der Waals surface area contributed by atoms with E-state index in [1.807, 2.05) is 30.3 Å². The highest BCUT2D eigenvalue weighted by molar-refractivity contribution is 5.93. The molecule has 0 aliphatic carbocycles. The van der Waals surface area contributed by atoms with Gasteiger partial charge in [0.1, 0.15) is 6.54 Å². The fraction of sp³-hybridized carbons (Fsp3) is 0.182. The monoisotopic (exact) mass is 407 g/mol. The van der Waals surface area contributed by atoms with Crippen molar-refractivity contribution in [3.63, 3.8) is 0 Å². The lowest BCUT2D eigenvalue weighted by Crippen LogP contribution is -2.41. The van der Waals surface area contributed by atoms with E-state index in [9.17, 15) is 19.2 Å². The number of benzene rings is 2. The number of amides is 1. The lowest BCUT2D eigenvalue weighted by molar-refractivity contribution is -0.116. The Morgan fingerprint density at radius 2 is 1.67 bits per heavy atom. The molecule has 1 N–H and O–H groups in total. The van der Waals surface area contributed by atoms with Crippen molar-refractivity contribution < 1.29 is 14.3 Å². The van der Waals surface area contributed by atoms with Gasteiger partial charge in [0.2, 0.25) is 5.91 Å². The number of esters is 1. The number of aromatic nitrogens is 2. The summed E-state index contributed by atoms with van der Waals surface area (Å²) in [6.07, 6.45) is 1.42. The highest BCUT2D eigenvalue weighted by Crippen LogP contribution is 2.10. The van der Waals surface area contributed by atoms with Gasteiger partial charge in [-0.3, -0.25) is 18.7 Å². The van der Waals surface area contributed by atoms with Crippen LogP contribution in [0.4, 0.5) is 5.69 Å². The standard InChI is InChI=1S/C22H21N3O5/c1-2-30-21(28)17-8-10-18(11-9-17)23-19(26)15-25-20(27)12-13-24(22(25)29)14-16-6-4-3-5-7-16/h3-13H,2,14-15H2,1H3,(H,23,26). The van der Waals surface area contributed by atoms with E-state index >= 15 is 0 Å². The van der Waals surface area contributed by atoms with Crippen LogP contribution in [0.15, 0.2) is 76.4 Å². The number of rotatable bonds is 7. The smallest absolute Gasteiger partial charge is 0.338 e. The van der Waals surface area contributed by atoms with Crippen LogP contribution in [-0.4, -0.2) is 27.6 Å². The van der Waals surface area contributed by atoms with Crippen LogP contribution in [0.25, 0.3) is 0 Å². The van der Waals surface area contributed by atoms with Gasteiger partial charge >= 0.3 is 11.7 Å².